The molecule has 6 nitrogen and oxygen atoms in total. The van der Waals surface area contributed by atoms with Crippen molar-refractivity contribution < 1.29 is 9.53 Å². The molecule has 1 aromatic heterocycles. The molecular formula is C24H26N4O2S. The van der Waals surface area contributed by atoms with Crippen LogP contribution >= 0.6 is 11.3 Å². The minimum absolute atomic E-state index is 0.206. The van der Waals surface area contributed by atoms with E-state index in [0.717, 1.165) is 65.9 Å². The van der Waals surface area contributed by atoms with Gasteiger partial charge in [0.15, 0.2) is 5.01 Å². The molecule has 1 fully saturated rings. The van der Waals surface area contributed by atoms with Gasteiger partial charge in [-0.05, 0) is 56.1 Å². The van der Waals surface area contributed by atoms with Crippen LogP contribution in [-0.4, -0.2) is 54.3 Å². The summed E-state index contributed by atoms with van der Waals surface area (Å²) in [7, 11) is 1.68. The van der Waals surface area contributed by atoms with Crippen LogP contribution in [0.25, 0.3) is 10.6 Å². The first-order valence-corrected chi connectivity index (χ1v) is 11.6. The Morgan fingerprint density at radius 3 is 2.68 bits per heavy atom. The molecule has 0 unspecified atom stereocenters. The molecule has 31 heavy (non-hydrogen) atoms. The molecule has 0 atom stereocenters. The Kier molecular flexibility index (Phi) is 5.70. The first-order chi connectivity index (χ1) is 15.2. The SMILES string of the molecule is COc1ccccc1-c1nnc(C2CCN(CC(=O)N3CCc4ccccc43)CC2)s1. The third-order valence-corrected chi connectivity index (χ3v) is 7.38. The number of likely N-dealkylation sites (tertiary alicyclic amines) is 1. The highest BCUT2D eigenvalue weighted by atomic mass is 32.1. The second-order valence-electron chi connectivity index (χ2n) is 8.12. The maximum Gasteiger partial charge on any atom is 0.241 e. The molecule has 1 saturated heterocycles. The molecule has 3 heterocycles. The molecule has 160 valence electrons. The third-order valence-electron chi connectivity index (χ3n) is 6.26. The third kappa shape index (κ3) is 4.07. The Hall–Kier alpha value is -2.77. The van der Waals surface area contributed by atoms with Gasteiger partial charge in [-0.3, -0.25) is 9.69 Å². The first kappa shape index (κ1) is 20.2. The Morgan fingerprint density at radius 2 is 1.84 bits per heavy atom. The highest BCUT2D eigenvalue weighted by molar-refractivity contribution is 7.14. The van der Waals surface area contributed by atoms with E-state index in [9.17, 15) is 4.79 Å². The highest BCUT2D eigenvalue weighted by Crippen LogP contribution is 2.36. The molecule has 1 amide bonds. The average Bonchev–Trinajstić information content (AvgIpc) is 3.47. The van der Waals surface area contributed by atoms with Crippen LogP contribution < -0.4 is 9.64 Å². The number of benzene rings is 2. The average molecular weight is 435 g/mol. The molecular weight excluding hydrogens is 408 g/mol. The lowest BCUT2D eigenvalue weighted by atomic mass is 9.97. The summed E-state index contributed by atoms with van der Waals surface area (Å²) >= 11 is 1.65. The van der Waals surface area contributed by atoms with Crippen LogP contribution in [0.15, 0.2) is 48.5 Å². The van der Waals surface area contributed by atoms with Gasteiger partial charge in [-0.2, -0.15) is 0 Å². The van der Waals surface area contributed by atoms with Gasteiger partial charge in [-0.25, -0.2) is 0 Å². The monoisotopic (exact) mass is 434 g/mol. The maximum absolute atomic E-state index is 12.9. The lowest BCUT2D eigenvalue weighted by Crippen LogP contribution is -2.42. The van der Waals surface area contributed by atoms with Crippen molar-refractivity contribution >= 4 is 22.9 Å². The smallest absolute Gasteiger partial charge is 0.241 e. The predicted molar refractivity (Wildman–Crippen MR) is 123 cm³/mol. The van der Waals surface area contributed by atoms with E-state index in [1.807, 2.05) is 41.3 Å². The van der Waals surface area contributed by atoms with Crippen LogP contribution in [0.2, 0.25) is 0 Å². The molecule has 2 aromatic carbocycles. The fourth-order valence-electron chi connectivity index (χ4n) is 4.54. The molecule has 3 aromatic rings. The number of amides is 1. The van der Waals surface area contributed by atoms with Crippen LogP contribution in [0, 0.1) is 0 Å². The number of piperidine rings is 1. The summed E-state index contributed by atoms with van der Waals surface area (Å²) in [4.78, 5) is 17.1. The molecule has 0 aliphatic carbocycles. The molecule has 0 saturated carbocycles. The van der Waals surface area contributed by atoms with Gasteiger partial charge in [0.05, 0.1) is 19.2 Å². The van der Waals surface area contributed by atoms with Crippen molar-refractivity contribution in [3.8, 4) is 16.3 Å². The quantitative estimate of drug-likeness (QED) is 0.608. The van der Waals surface area contributed by atoms with Gasteiger partial charge in [0.25, 0.3) is 0 Å². The summed E-state index contributed by atoms with van der Waals surface area (Å²) in [5, 5.41) is 10.9. The fraction of sp³-hybridized carbons (Fsp3) is 0.375. The number of rotatable bonds is 5. The van der Waals surface area contributed by atoms with E-state index in [1.54, 1.807) is 18.4 Å². The van der Waals surface area contributed by atoms with Crippen molar-refractivity contribution in [3.05, 3.63) is 59.1 Å². The zero-order chi connectivity index (χ0) is 21.2. The van der Waals surface area contributed by atoms with Crippen molar-refractivity contribution in [2.24, 2.45) is 0 Å². The number of anilines is 1. The second-order valence-corrected chi connectivity index (χ2v) is 9.13. The van der Waals surface area contributed by atoms with Gasteiger partial charge in [0, 0.05) is 18.2 Å². The number of hydrogen-bond donors (Lipinski definition) is 0. The van der Waals surface area contributed by atoms with Crippen molar-refractivity contribution in [3.63, 3.8) is 0 Å². The summed E-state index contributed by atoms with van der Waals surface area (Å²) in [6, 6.07) is 16.2. The summed E-state index contributed by atoms with van der Waals surface area (Å²) in [6.45, 7) is 3.11. The van der Waals surface area contributed by atoms with Gasteiger partial charge >= 0.3 is 0 Å². The Bertz CT molecular complexity index is 1070. The molecule has 2 aliphatic rings. The predicted octanol–water partition coefficient (Wildman–Crippen LogP) is 3.98. The number of hydrogen-bond acceptors (Lipinski definition) is 6. The molecule has 2 aliphatic heterocycles. The number of fused-ring (bicyclic) bond motifs is 1. The van der Waals surface area contributed by atoms with Crippen LogP contribution in [0.5, 0.6) is 5.75 Å². The van der Waals surface area contributed by atoms with Crippen molar-refractivity contribution in [2.75, 3.05) is 38.2 Å². The highest BCUT2D eigenvalue weighted by Gasteiger charge is 2.29. The number of methoxy groups -OCH3 is 1. The van der Waals surface area contributed by atoms with Crippen LogP contribution in [0.4, 0.5) is 5.69 Å². The van der Waals surface area contributed by atoms with Crippen LogP contribution in [0.3, 0.4) is 0 Å². The largest absolute Gasteiger partial charge is 0.496 e. The minimum atomic E-state index is 0.206. The van der Waals surface area contributed by atoms with E-state index in [0.29, 0.717) is 12.5 Å². The lowest BCUT2D eigenvalue weighted by molar-refractivity contribution is -0.119. The summed E-state index contributed by atoms with van der Waals surface area (Å²) in [6.07, 6.45) is 2.96. The second kappa shape index (κ2) is 8.77. The molecule has 5 rings (SSSR count). The van der Waals surface area contributed by atoms with Gasteiger partial charge < -0.3 is 9.64 Å². The fourth-order valence-corrected chi connectivity index (χ4v) is 5.58. The van der Waals surface area contributed by atoms with Crippen molar-refractivity contribution in [1.82, 2.24) is 15.1 Å². The number of carbonyl (C=O) groups excluding carboxylic acids is 1. The topological polar surface area (TPSA) is 58.6 Å². The Balaban J connectivity index is 1.19. The van der Waals surface area contributed by atoms with E-state index in [1.165, 1.54) is 5.56 Å². The minimum Gasteiger partial charge on any atom is -0.496 e. The Morgan fingerprint density at radius 1 is 1.06 bits per heavy atom. The molecule has 7 heteroatoms. The number of carbonyl (C=O) groups is 1. The zero-order valence-electron chi connectivity index (χ0n) is 17.7. The van der Waals surface area contributed by atoms with Crippen molar-refractivity contribution in [2.45, 2.75) is 25.2 Å². The summed E-state index contributed by atoms with van der Waals surface area (Å²) in [5.74, 6) is 1.43. The summed E-state index contributed by atoms with van der Waals surface area (Å²) < 4.78 is 5.47. The molecule has 0 spiro atoms. The van der Waals surface area contributed by atoms with Gasteiger partial charge in [-0.15, -0.1) is 10.2 Å². The number of ether oxygens (including phenoxy) is 1. The maximum atomic E-state index is 12.9. The standard InChI is InChI=1S/C24H26N4O2S/c1-30-21-9-5-3-7-19(21)24-26-25-23(31-24)18-10-13-27(14-11-18)16-22(29)28-15-12-17-6-2-4-8-20(17)28/h2-9,18H,10-16H2,1H3. The normalized spacial score (nSPS) is 17.0. The van der Waals surface area contributed by atoms with Crippen LogP contribution in [0.1, 0.15) is 29.3 Å². The van der Waals surface area contributed by atoms with Gasteiger partial charge in [0.1, 0.15) is 10.8 Å². The van der Waals surface area contributed by atoms with E-state index in [4.69, 9.17) is 4.74 Å². The first-order valence-electron chi connectivity index (χ1n) is 10.8. The van der Waals surface area contributed by atoms with Crippen LogP contribution in [-0.2, 0) is 11.2 Å². The van der Waals surface area contributed by atoms with Gasteiger partial charge in [-0.1, -0.05) is 41.7 Å². The molecule has 0 bridgehead atoms. The van der Waals surface area contributed by atoms with E-state index >= 15 is 0 Å². The zero-order valence-corrected chi connectivity index (χ0v) is 18.5. The Labute approximate surface area is 186 Å². The number of para-hydroxylation sites is 2. The lowest BCUT2D eigenvalue weighted by Gasteiger charge is -2.31. The van der Waals surface area contributed by atoms with Crippen molar-refractivity contribution in [1.29, 1.82) is 0 Å². The molecule has 0 radical (unpaired) electrons. The number of aromatic nitrogens is 2. The summed E-state index contributed by atoms with van der Waals surface area (Å²) in [5.41, 5.74) is 3.35. The van der Waals surface area contributed by atoms with E-state index in [-0.39, 0.29) is 5.91 Å². The molecule has 0 N–H and O–H groups in total. The van der Waals surface area contributed by atoms with Gasteiger partial charge in [0.2, 0.25) is 5.91 Å². The van der Waals surface area contributed by atoms with E-state index < -0.39 is 0 Å². The van der Waals surface area contributed by atoms with E-state index in [2.05, 4.69) is 27.2 Å². The number of nitrogens with zero attached hydrogens (tertiary/aromatic N) is 4.